The zero-order chi connectivity index (χ0) is 20.7. The van der Waals surface area contributed by atoms with Gasteiger partial charge < -0.3 is 19.5 Å². The Morgan fingerprint density at radius 1 is 0.964 bits per heavy atom. The number of pyridine rings is 1. The first-order valence-electron chi connectivity index (χ1n) is 8.77. The lowest BCUT2D eigenvalue weighted by Crippen LogP contribution is -2.05. The maximum Gasteiger partial charge on any atom is 0.221 e. The van der Waals surface area contributed by atoms with Gasteiger partial charge in [-0.1, -0.05) is 13.8 Å². The van der Waals surface area contributed by atoms with Gasteiger partial charge in [0.15, 0.2) is 23.1 Å². The van der Waals surface area contributed by atoms with Gasteiger partial charge in [0.25, 0.3) is 0 Å². The Balaban J connectivity index is 0.00000136. The monoisotopic (exact) mass is 386 g/mol. The van der Waals surface area contributed by atoms with E-state index in [-0.39, 0.29) is 11.7 Å². The zero-order valence-electron chi connectivity index (χ0n) is 16.5. The number of halogens is 1. The Bertz CT molecular complexity index is 976. The number of methoxy groups -OCH3 is 2. The Hall–Kier alpha value is -3.35. The molecule has 0 saturated carbocycles. The molecule has 28 heavy (non-hydrogen) atoms. The van der Waals surface area contributed by atoms with Crippen molar-refractivity contribution in [3.05, 3.63) is 48.4 Å². The van der Waals surface area contributed by atoms with Crippen molar-refractivity contribution in [2.45, 2.75) is 20.8 Å². The lowest BCUT2D eigenvalue weighted by atomic mass is 10.2. The molecule has 1 heterocycles. The lowest BCUT2D eigenvalue weighted by Gasteiger charge is -2.13. The molecule has 0 aliphatic rings. The molecular weight excluding hydrogens is 363 g/mol. The smallest absolute Gasteiger partial charge is 0.221 e. The van der Waals surface area contributed by atoms with Gasteiger partial charge in [0.05, 0.1) is 19.7 Å². The van der Waals surface area contributed by atoms with Crippen LogP contribution in [0.1, 0.15) is 20.8 Å². The molecule has 0 aliphatic heterocycles. The van der Waals surface area contributed by atoms with Crippen LogP contribution in [0.25, 0.3) is 10.9 Å². The van der Waals surface area contributed by atoms with E-state index < -0.39 is 5.82 Å². The molecule has 148 valence electrons. The van der Waals surface area contributed by atoms with Crippen molar-refractivity contribution >= 4 is 22.5 Å². The van der Waals surface area contributed by atoms with E-state index in [0.717, 1.165) is 0 Å². The third-order valence-corrected chi connectivity index (χ3v) is 3.68. The number of anilines is 1. The summed E-state index contributed by atoms with van der Waals surface area (Å²) >= 11 is 0. The van der Waals surface area contributed by atoms with Crippen LogP contribution in [0, 0.1) is 5.82 Å². The maximum atomic E-state index is 14.3. The van der Waals surface area contributed by atoms with Crippen molar-refractivity contribution in [1.82, 2.24) is 4.98 Å². The second-order valence-corrected chi connectivity index (χ2v) is 5.46. The predicted molar refractivity (Wildman–Crippen MR) is 107 cm³/mol. The van der Waals surface area contributed by atoms with Crippen LogP contribution in [0.3, 0.4) is 0 Å². The minimum Gasteiger partial charge on any atom is -0.493 e. The highest BCUT2D eigenvalue weighted by Crippen LogP contribution is 2.37. The number of nitrogens with one attached hydrogen (secondary N) is 1. The quantitative estimate of drug-likeness (QED) is 0.655. The average Bonchev–Trinajstić information content (AvgIpc) is 2.70. The number of rotatable bonds is 5. The van der Waals surface area contributed by atoms with Crippen molar-refractivity contribution in [3.63, 3.8) is 0 Å². The van der Waals surface area contributed by atoms with E-state index in [4.69, 9.17) is 14.2 Å². The van der Waals surface area contributed by atoms with Crippen molar-refractivity contribution in [2.75, 3.05) is 19.5 Å². The van der Waals surface area contributed by atoms with Gasteiger partial charge in [0, 0.05) is 36.3 Å². The zero-order valence-corrected chi connectivity index (χ0v) is 16.5. The van der Waals surface area contributed by atoms with Crippen LogP contribution in [-0.4, -0.2) is 25.1 Å². The van der Waals surface area contributed by atoms with E-state index in [1.807, 2.05) is 13.8 Å². The number of hydrogen-bond acceptors (Lipinski definition) is 5. The molecule has 3 rings (SSSR count). The summed E-state index contributed by atoms with van der Waals surface area (Å²) in [6.45, 7) is 5.35. The molecular formula is C21H23FN2O4. The van der Waals surface area contributed by atoms with Crippen LogP contribution in [-0.2, 0) is 4.79 Å². The minimum absolute atomic E-state index is 0.0291. The first-order valence-corrected chi connectivity index (χ1v) is 8.77. The van der Waals surface area contributed by atoms with Gasteiger partial charge in [0.1, 0.15) is 5.75 Å². The number of carbonyl (C=O) groups excluding carboxylic acids is 1. The van der Waals surface area contributed by atoms with Crippen LogP contribution < -0.4 is 19.5 Å². The minimum atomic E-state index is -0.596. The Morgan fingerprint density at radius 2 is 1.64 bits per heavy atom. The highest BCUT2D eigenvalue weighted by molar-refractivity contribution is 5.89. The third-order valence-electron chi connectivity index (χ3n) is 3.68. The Morgan fingerprint density at radius 3 is 2.25 bits per heavy atom. The summed E-state index contributed by atoms with van der Waals surface area (Å²) < 4.78 is 30.6. The predicted octanol–water partition coefficient (Wildman–Crippen LogP) is 5.17. The fourth-order valence-electron chi connectivity index (χ4n) is 2.52. The molecule has 1 aromatic heterocycles. The summed E-state index contributed by atoms with van der Waals surface area (Å²) in [5, 5.41) is 3.17. The average molecular weight is 386 g/mol. The van der Waals surface area contributed by atoms with E-state index in [9.17, 15) is 9.18 Å². The molecule has 0 spiro atoms. The van der Waals surface area contributed by atoms with Gasteiger partial charge in [-0.05, 0) is 24.3 Å². The Kier molecular flexibility index (Phi) is 7.14. The normalized spacial score (nSPS) is 9.93. The number of amides is 1. The summed E-state index contributed by atoms with van der Waals surface area (Å²) in [5.41, 5.74) is 0.976. The van der Waals surface area contributed by atoms with Gasteiger partial charge in [-0.15, -0.1) is 0 Å². The van der Waals surface area contributed by atoms with Crippen LogP contribution in [0.2, 0.25) is 0 Å². The molecule has 0 radical (unpaired) electrons. The molecule has 0 unspecified atom stereocenters. The van der Waals surface area contributed by atoms with Crippen LogP contribution >= 0.6 is 0 Å². The first kappa shape index (κ1) is 21.0. The molecule has 1 amide bonds. The van der Waals surface area contributed by atoms with E-state index in [1.165, 1.54) is 33.3 Å². The molecule has 1 N–H and O–H groups in total. The fourth-order valence-corrected chi connectivity index (χ4v) is 2.52. The molecule has 6 nitrogen and oxygen atoms in total. The first-order chi connectivity index (χ1) is 13.5. The summed E-state index contributed by atoms with van der Waals surface area (Å²) in [6.07, 6.45) is 1.56. The third kappa shape index (κ3) is 4.68. The van der Waals surface area contributed by atoms with Crippen molar-refractivity contribution in [2.24, 2.45) is 0 Å². The number of nitrogens with zero attached hydrogens (tertiary/aromatic N) is 1. The molecule has 0 aliphatic carbocycles. The van der Waals surface area contributed by atoms with E-state index in [0.29, 0.717) is 33.8 Å². The molecule has 0 fully saturated rings. The van der Waals surface area contributed by atoms with Crippen LogP contribution in [0.15, 0.2) is 42.6 Å². The topological polar surface area (TPSA) is 69.7 Å². The number of benzene rings is 2. The lowest BCUT2D eigenvalue weighted by molar-refractivity contribution is -0.114. The number of ether oxygens (including phenoxy) is 3. The van der Waals surface area contributed by atoms with Gasteiger partial charge in [-0.25, -0.2) is 4.39 Å². The molecule has 0 atom stereocenters. The highest BCUT2D eigenvalue weighted by Gasteiger charge is 2.13. The fraction of sp³-hybridized carbons (Fsp3) is 0.238. The van der Waals surface area contributed by atoms with Crippen LogP contribution in [0.5, 0.6) is 23.0 Å². The SMILES string of the molecule is CC.COc1cc2nccc(Oc3ccc(NC(C)=O)cc3F)c2cc1OC. The second-order valence-electron chi connectivity index (χ2n) is 5.46. The summed E-state index contributed by atoms with van der Waals surface area (Å²) in [7, 11) is 3.07. The molecule has 7 heteroatoms. The van der Waals surface area contributed by atoms with Crippen LogP contribution in [0.4, 0.5) is 10.1 Å². The number of hydrogen-bond donors (Lipinski definition) is 1. The van der Waals surface area contributed by atoms with E-state index in [2.05, 4.69) is 10.3 Å². The Labute approximate surface area is 163 Å². The maximum absolute atomic E-state index is 14.3. The molecule has 2 aromatic carbocycles. The molecule has 3 aromatic rings. The second kappa shape index (κ2) is 9.55. The number of fused-ring (bicyclic) bond motifs is 1. The number of aromatic nitrogens is 1. The van der Waals surface area contributed by atoms with E-state index >= 15 is 0 Å². The number of carbonyl (C=O) groups is 1. The molecule has 0 bridgehead atoms. The highest BCUT2D eigenvalue weighted by atomic mass is 19.1. The molecule has 0 saturated heterocycles. The standard InChI is InChI=1S/C19H17FN2O4.C2H6/c1-11(23)22-12-4-5-17(14(20)8-12)26-16-6-7-21-15-10-19(25-3)18(24-2)9-13(15)16;1-2/h4-10H,1-3H3,(H,22,23);1-2H3. The summed E-state index contributed by atoms with van der Waals surface area (Å²) in [4.78, 5) is 15.3. The van der Waals surface area contributed by atoms with E-state index in [1.54, 1.807) is 30.5 Å². The van der Waals surface area contributed by atoms with Crippen molar-refractivity contribution in [3.8, 4) is 23.0 Å². The summed E-state index contributed by atoms with van der Waals surface area (Å²) in [5.74, 6) is 0.624. The summed E-state index contributed by atoms with van der Waals surface area (Å²) in [6, 6.07) is 9.29. The van der Waals surface area contributed by atoms with Gasteiger partial charge in [0.2, 0.25) is 5.91 Å². The largest absolute Gasteiger partial charge is 0.493 e. The van der Waals surface area contributed by atoms with Gasteiger partial charge in [-0.2, -0.15) is 0 Å². The van der Waals surface area contributed by atoms with Crippen molar-refractivity contribution in [1.29, 1.82) is 0 Å². The van der Waals surface area contributed by atoms with Gasteiger partial charge in [-0.3, -0.25) is 9.78 Å². The van der Waals surface area contributed by atoms with Crippen molar-refractivity contribution < 1.29 is 23.4 Å². The van der Waals surface area contributed by atoms with Gasteiger partial charge >= 0.3 is 0 Å².